The number of hydrogen-bond donors (Lipinski definition) is 2. The zero-order valence-corrected chi connectivity index (χ0v) is 20.1. The lowest BCUT2D eigenvalue weighted by atomic mass is 9.32. The van der Waals surface area contributed by atoms with Crippen LogP contribution in [0.2, 0.25) is 0 Å². The van der Waals surface area contributed by atoms with Crippen LogP contribution >= 0.6 is 0 Å². The van der Waals surface area contributed by atoms with Crippen molar-refractivity contribution in [3.8, 4) is 11.5 Å². The maximum atomic E-state index is 11.9. The van der Waals surface area contributed by atoms with Crippen LogP contribution in [0.5, 0.6) is 11.5 Å². The summed E-state index contributed by atoms with van der Waals surface area (Å²) in [5.41, 5.74) is -0.290. The fourth-order valence-electron chi connectivity index (χ4n) is 9.09. The summed E-state index contributed by atoms with van der Waals surface area (Å²) in [5.74, 6) is 0.777. The first-order valence-electron chi connectivity index (χ1n) is 12.4. The summed E-state index contributed by atoms with van der Waals surface area (Å²) in [5, 5.41) is 22.8. The van der Waals surface area contributed by atoms with Crippen molar-refractivity contribution in [1.29, 1.82) is 0 Å². The highest BCUT2D eigenvalue weighted by molar-refractivity contribution is 5.67. The second-order valence-corrected chi connectivity index (χ2v) is 11.5. The number of likely N-dealkylation sites (N-methyl/N-ethyl adjacent to an activating group) is 1. The number of likely N-dealkylation sites (tertiary alicyclic amines) is 1. The predicted molar refractivity (Wildman–Crippen MR) is 123 cm³/mol. The molecule has 1 aromatic rings. The van der Waals surface area contributed by atoms with Gasteiger partial charge in [0, 0.05) is 30.0 Å². The molecule has 0 unspecified atom stereocenters. The van der Waals surface area contributed by atoms with Crippen LogP contribution in [0.15, 0.2) is 24.3 Å². The van der Waals surface area contributed by atoms with Gasteiger partial charge in [0.15, 0.2) is 11.5 Å². The molecule has 5 heteroatoms. The first kappa shape index (κ1) is 21.0. The van der Waals surface area contributed by atoms with Crippen molar-refractivity contribution in [3.63, 3.8) is 0 Å². The van der Waals surface area contributed by atoms with Gasteiger partial charge in [0.2, 0.25) is 0 Å². The van der Waals surface area contributed by atoms with Gasteiger partial charge in [-0.1, -0.05) is 38.0 Å². The number of aromatic hydroxyl groups is 1. The molecule has 4 aliphatic carbocycles. The van der Waals surface area contributed by atoms with Crippen molar-refractivity contribution in [2.24, 2.45) is 11.3 Å². The van der Waals surface area contributed by atoms with Crippen LogP contribution in [0, 0.1) is 11.3 Å². The first-order chi connectivity index (χ1) is 15.1. The van der Waals surface area contributed by atoms with E-state index in [-0.39, 0.29) is 22.5 Å². The van der Waals surface area contributed by atoms with Gasteiger partial charge in [-0.05, 0) is 64.8 Å². The molecule has 32 heavy (non-hydrogen) atoms. The van der Waals surface area contributed by atoms with Crippen molar-refractivity contribution in [3.05, 3.63) is 35.4 Å². The maximum Gasteiger partial charge on any atom is 0.166 e. The Labute approximate surface area is 191 Å². The number of benzene rings is 1. The molecule has 4 bridgehead atoms. The van der Waals surface area contributed by atoms with Gasteiger partial charge < -0.3 is 24.6 Å². The van der Waals surface area contributed by atoms with Crippen LogP contribution in [0.25, 0.3) is 0 Å². The molecule has 1 aromatic carbocycles. The molecule has 0 aromatic heterocycles. The number of nitrogens with zero attached hydrogens (tertiary/aromatic N) is 1. The number of phenolic OH excluding ortho intramolecular Hbond substituents is 1. The molecular weight excluding hydrogens is 402 g/mol. The largest absolute Gasteiger partial charge is 0.504 e. The molecule has 7 rings (SSSR count). The average Bonchev–Trinajstić information content (AvgIpc) is 3.07. The number of unbranched alkanes of at least 4 members (excludes halogenated alkanes) is 1. The molecule has 2 spiro atoms. The number of fused-ring (bicyclic) bond motifs is 1. The van der Waals surface area contributed by atoms with Crippen LogP contribution in [-0.4, -0.2) is 58.7 Å². The summed E-state index contributed by atoms with van der Waals surface area (Å²) in [6.07, 6.45) is 10.2. The highest BCUT2D eigenvalue weighted by atomic mass is 16.6. The van der Waals surface area contributed by atoms with Gasteiger partial charge in [-0.25, -0.2) is 0 Å². The molecule has 6 aliphatic rings. The number of rotatable bonds is 5. The van der Waals surface area contributed by atoms with Crippen molar-refractivity contribution in [2.45, 2.75) is 87.6 Å². The van der Waals surface area contributed by atoms with E-state index in [9.17, 15) is 10.2 Å². The summed E-state index contributed by atoms with van der Waals surface area (Å²) in [6, 6.07) is 4.23. The Morgan fingerprint density at radius 3 is 2.81 bits per heavy atom. The first-order valence-corrected chi connectivity index (χ1v) is 12.4. The van der Waals surface area contributed by atoms with Gasteiger partial charge in [0.05, 0.1) is 11.0 Å². The number of methoxy groups -OCH3 is 1. The summed E-state index contributed by atoms with van der Waals surface area (Å²) >= 11 is 0. The number of hydrogen-bond acceptors (Lipinski definition) is 5. The van der Waals surface area contributed by atoms with Crippen molar-refractivity contribution >= 4 is 0 Å². The molecule has 2 N–H and O–H groups in total. The van der Waals surface area contributed by atoms with Gasteiger partial charge in [-0.2, -0.15) is 0 Å². The minimum Gasteiger partial charge on any atom is -0.504 e. The van der Waals surface area contributed by atoms with Crippen LogP contribution in [0.4, 0.5) is 0 Å². The van der Waals surface area contributed by atoms with Crippen molar-refractivity contribution in [1.82, 2.24) is 4.90 Å². The van der Waals surface area contributed by atoms with Crippen LogP contribution in [0.3, 0.4) is 0 Å². The van der Waals surface area contributed by atoms with Crippen molar-refractivity contribution in [2.75, 3.05) is 20.7 Å². The van der Waals surface area contributed by atoms with E-state index in [4.69, 9.17) is 9.47 Å². The molecule has 1 saturated heterocycles. The van der Waals surface area contributed by atoms with E-state index in [0.29, 0.717) is 11.8 Å². The number of ether oxygens (including phenoxy) is 2. The summed E-state index contributed by atoms with van der Waals surface area (Å²) in [4.78, 5) is 2.52. The van der Waals surface area contributed by atoms with E-state index in [1.807, 2.05) is 6.92 Å². The second kappa shape index (κ2) is 6.11. The quantitative estimate of drug-likeness (QED) is 0.681. The highest BCUT2D eigenvalue weighted by Gasteiger charge is 2.85. The second-order valence-electron chi connectivity index (χ2n) is 11.5. The molecular formula is C27H37NO4. The molecule has 0 radical (unpaired) electrons. The van der Waals surface area contributed by atoms with Crippen LogP contribution < -0.4 is 4.74 Å². The van der Waals surface area contributed by atoms with Crippen LogP contribution in [0.1, 0.15) is 64.0 Å². The Balaban J connectivity index is 1.66. The average molecular weight is 440 g/mol. The minimum absolute atomic E-state index is 0.0957. The minimum atomic E-state index is -0.873. The highest BCUT2D eigenvalue weighted by Crippen LogP contribution is 2.79. The lowest BCUT2D eigenvalue weighted by Crippen LogP contribution is -2.85. The van der Waals surface area contributed by atoms with Gasteiger partial charge >= 0.3 is 0 Å². The third-order valence-electron chi connectivity index (χ3n) is 10.5. The molecule has 2 fully saturated rings. The SMILES string of the molecule is CCCC[C@](C)(O)[C@H]1C[C@@]23C=C[C@]1(OC)[C@@]1(C)Oc4c(O)ccc5c4[C@@]12CCN(C)[C@@H]3C5. The molecule has 5 nitrogen and oxygen atoms in total. The smallest absolute Gasteiger partial charge is 0.166 e. The number of aliphatic hydroxyl groups is 1. The maximum absolute atomic E-state index is 11.9. The molecule has 2 aliphatic heterocycles. The summed E-state index contributed by atoms with van der Waals surface area (Å²) in [7, 11) is 4.02. The van der Waals surface area contributed by atoms with Gasteiger partial charge in [0.1, 0.15) is 11.2 Å². The Hall–Kier alpha value is -1.56. The lowest BCUT2D eigenvalue weighted by molar-refractivity contribution is -0.286. The Kier molecular flexibility index (Phi) is 4.01. The Morgan fingerprint density at radius 1 is 1.31 bits per heavy atom. The third-order valence-corrected chi connectivity index (χ3v) is 10.5. The molecule has 2 heterocycles. The Morgan fingerprint density at radius 2 is 2.09 bits per heavy atom. The summed E-state index contributed by atoms with van der Waals surface area (Å²) < 4.78 is 13.4. The standard InChI is InChI=1S/C27H37NO4/c1-6-7-10-23(2,30)19-16-25-11-12-27(19,31-5)24(3)26(25)13-14-28(4)20(25)15-17-8-9-18(29)22(32-24)21(17)26/h8-9,11-12,19-20,29-30H,6-7,10,13-16H2,1-5H3/t19-,20-,23+,24+,25-,26+,27-/m1/s1. The summed E-state index contributed by atoms with van der Waals surface area (Å²) in [6.45, 7) is 7.37. The number of piperidine rings is 1. The topological polar surface area (TPSA) is 62.2 Å². The van der Waals surface area contributed by atoms with E-state index in [1.165, 1.54) is 11.1 Å². The fraction of sp³-hybridized carbons (Fsp3) is 0.704. The monoisotopic (exact) mass is 439 g/mol. The molecule has 1 saturated carbocycles. The Bertz CT molecular complexity index is 1020. The molecule has 7 atom stereocenters. The lowest BCUT2D eigenvalue weighted by Gasteiger charge is -2.75. The van der Waals surface area contributed by atoms with E-state index in [1.54, 1.807) is 13.2 Å². The van der Waals surface area contributed by atoms with Gasteiger partial charge in [-0.3, -0.25) is 0 Å². The molecule has 0 amide bonds. The van der Waals surface area contributed by atoms with E-state index in [0.717, 1.165) is 45.1 Å². The van der Waals surface area contributed by atoms with E-state index >= 15 is 0 Å². The third kappa shape index (κ3) is 1.93. The van der Waals surface area contributed by atoms with Gasteiger partial charge in [-0.15, -0.1) is 0 Å². The van der Waals surface area contributed by atoms with Gasteiger partial charge in [0.25, 0.3) is 0 Å². The normalized spacial score (nSPS) is 44.8. The fourth-order valence-corrected chi connectivity index (χ4v) is 9.09. The zero-order chi connectivity index (χ0) is 22.7. The predicted octanol–water partition coefficient (Wildman–Crippen LogP) is 3.94. The van der Waals surface area contributed by atoms with E-state index < -0.39 is 16.8 Å². The molecule has 174 valence electrons. The van der Waals surface area contributed by atoms with Crippen LogP contribution in [-0.2, 0) is 16.6 Å². The van der Waals surface area contributed by atoms with Crippen molar-refractivity contribution < 1.29 is 19.7 Å². The number of phenols is 1. The zero-order valence-electron chi connectivity index (χ0n) is 20.1. The van der Waals surface area contributed by atoms with E-state index in [2.05, 4.69) is 44.0 Å².